The van der Waals surface area contributed by atoms with Crippen molar-refractivity contribution < 1.29 is 23.1 Å². The van der Waals surface area contributed by atoms with E-state index in [0.29, 0.717) is 18.7 Å². The van der Waals surface area contributed by atoms with E-state index in [1.165, 1.54) is 0 Å². The zero-order chi connectivity index (χ0) is 24.3. The van der Waals surface area contributed by atoms with Crippen molar-refractivity contribution in [2.24, 2.45) is 0 Å². The molecule has 1 fully saturated rings. The molecule has 0 bridgehead atoms. The molecule has 1 aliphatic heterocycles. The van der Waals surface area contributed by atoms with E-state index in [0.717, 1.165) is 48.8 Å². The smallest absolute Gasteiger partial charge is 0.391 e. The summed E-state index contributed by atoms with van der Waals surface area (Å²) in [5, 5.41) is 17.6. The van der Waals surface area contributed by atoms with Crippen LogP contribution in [0.15, 0.2) is 23.0 Å². The van der Waals surface area contributed by atoms with Crippen molar-refractivity contribution in [1.29, 1.82) is 0 Å². The van der Waals surface area contributed by atoms with Crippen molar-refractivity contribution in [2.45, 2.75) is 70.8 Å². The number of unbranched alkanes of at least 4 members (excludes halogenated alkanes) is 1. The van der Waals surface area contributed by atoms with Crippen LogP contribution in [0.5, 0.6) is 0 Å². The first-order chi connectivity index (χ1) is 15.5. The predicted octanol–water partition coefficient (Wildman–Crippen LogP) is 2.89. The number of carbonyl (C=O) groups is 1. The van der Waals surface area contributed by atoms with Crippen LogP contribution in [0.4, 0.5) is 13.2 Å². The summed E-state index contributed by atoms with van der Waals surface area (Å²) in [7, 11) is 0. The summed E-state index contributed by atoms with van der Waals surface area (Å²) in [5.41, 5.74) is -1.17. The van der Waals surface area contributed by atoms with Crippen molar-refractivity contribution in [3.05, 3.63) is 39.8 Å². The fourth-order valence-corrected chi connectivity index (χ4v) is 4.14. The van der Waals surface area contributed by atoms with Gasteiger partial charge in [-0.15, -0.1) is 0 Å². The number of halogens is 3. The van der Waals surface area contributed by atoms with E-state index in [-0.39, 0.29) is 23.2 Å². The maximum Gasteiger partial charge on any atom is 0.416 e. The maximum atomic E-state index is 13.2. The number of aliphatic hydroxyl groups excluding tert-OH is 1. The van der Waals surface area contributed by atoms with Crippen LogP contribution < -0.4 is 10.9 Å². The first-order valence-corrected chi connectivity index (χ1v) is 11.3. The summed E-state index contributed by atoms with van der Waals surface area (Å²) in [4.78, 5) is 27.8. The van der Waals surface area contributed by atoms with Gasteiger partial charge in [0, 0.05) is 18.5 Å². The van der Waals surface area contributed by atoms with E-state index in [4.69, 9.17) is 0 Å². The number of rotatable bonds is 7. The SMILES string of the molecule is CCCCN1CC[C@@H](O)[C@@H](NC(=O)Cn2nc(C(C)C)c3cc(C(F)(F)F)ccc3c2=O)C1. The molecule has 0 spiro atoms. The fourth-order valence-electron chi connectivity index (χ4n) is 4.14. The molecule has 2 aromatic rings. The van der Waals surface area contributed by atoms with Crippen LogP contribution in [0, 0.1) is 0 Å². The van der Waals surface area contributed by atoms with Crippen molar-refractivity contribution in [2.75, 3.05) is 19.6 Å². The first-order valence-electron chi connectivity index (χ1n) is 11.3. The quantitative estimate of drug-likeness (QED) is 0.653. The Kier molecular flexibility index (Phi) is 7.79. The predicted molar refractivity (Wildman–Crippen MR) is 119 cm³/mol. The number of benzene rings is 1. The number of fused-ring (bicyclic) bond motifs is 1. The van der Waals surface area contributed by atoms with Crippen LogP contribution in [-0.4, -0.2) is 57.5 Å². The highest BCUT2D eigenvalue weighted by atomic mass is 19.4. The minimum Gasteiger partial charge on any atom is -0.391 e. The molecule has 10 heteroatoms. The van der Waals surface area contributed by atoms with Crippen LogP contribution >= 0.6 is 0 Å². The standard InChI is InChI=1S/C23H31F3N4O3/c1-4-5-9-29-10-8-19(31)18(12-29)27-20(32)13-30-22(33)16-7-6-15(23(24,25)26)11-17(16)21(28-30)14(2)3/h6-7,11,14,18-19,31H,4-5,8-10,12-13H2,1-3H3,(H,27,32)/t18-,19+/m0/s1. The molecule has 0 saturated carbocycles. The molecule has 1 aromatic carbocycles. The molecular formula is C23H31F3N4O3. The molecule has 2 heterocycles. The molecule has 1 aliphatic rings. The number of aromatic nitrogens is 2. The lowest BCUT2D eigenvalue weighted by Gasteiger charge is -2.36. The topological polar surface area (TPSA) is 87.5 Å². The molecule has 0 radical (unpaired) electrons. The molecule has 0 unspecified atom stereocenters. The molecule has 33 heavy (non-hydrogen) atoms. The Bertz CT molecular complexity index is 1050. The lowest BCUT2D eigenvalue weighted by Crippen LogP contribution is -2.56. The highest BCUT2D eigenvalue weighted by Gasteiger charge is 2.32. The third-order valence-electron chi connectivity index (χ3n) is 5.99. The van der Waals surface area contributed by atoms with Crippen molar-refractivity contribution in [1.82, 2.24) is 20.0 Å². The molecule has 0 aliphatic carbocycles. The normalized spacial score (nSPS) is 19.9. The molecule has 1 saturated heterocycles. The summed E-state index contributed by atoms with van der Waals surface area (Å²) in [6.07, 6.45) is -2.60. The number of hydrogen-bond acceptors (Lipinski definition) is 5. The average molecular weight is 469 g/mol. The average Bonchev–Trinajstić information content (AvgIpc) is 2.75. The van der Waals surface area contributed by atoms with Crippen LogP contribution in [0.2, 0.25) is 0 Å². The molecule has 182 valence electrons. The summed E-state index contributed by atoms with van der Waals surface area (Å²) in [6.45, 7) is 7.41. The molecule has 2 N–H and O–H groups in total. The molecule has 3 rings (SSSR count). The third kappa shape index (κ3) is 5.92. The number of aliphatic hydroxyl groups is 1. The van der Waals surface area contributed by atoms with E-state index >= 15 is 0 Å². The Balaban J connectivity index is 1.84. The summed E-state index contributed by atoms with van der Waals surface area (Å²) in [5.74, 6) is -0.745. The van der Waals surface area contributed by atoms with Crippen molar-refractivity contribution >= 4 is 16.7 Å². The summed E-state index contributed by atoms with van der Waals surface area (Å²) >= 11 is 0. The van der Waals surface area contributed by atoms with E-state index < -0.39 is 35.4 Å². The third-order valence-corrected chi connectivity index (χ3v) is 5.99. The van der Waals surface area contributed by atoms with E-state index in [1.807, 2.05) is 0 Å². The van der Waals surface area contributed by atoms with Gasteiger partial charge in [-0.3, -0.25) is 9.59 Å². The van der Waals surface area contributed by atoms with Gasteiger partial charge in [0.1, 0.15) is 6.54 Å². The Morgan fingerprint density at radius 2 is 2.03 bits per heavy atom. The Hall–Kier alpha value is -2.46. The van der Waals surface area contributed by atoms with Gasteiger partial charge >= 0.3 is 6.18 Å². The highest BCUT2D eigenvalue weighted by Crippen LogP contribution is 2.32. The molecule has 7 nitrogen and oxygen atoms in total. The maximum absolute atomic E-state index is 13.2. The minimum atomic E-state index is -4.54. The van der Waals surface area contributed by atoms with Crippen LogP contribution in [0.3, 0.4) is 0 Å². The van der Waals surface area contributed by atoms with Gasteiger partial charge in [-0.05, 0) is 43.5 Å². The minimum absolute atomic E-state index is 0.0814. The Labute approximate surface area is 190 Å². The van der Waals surface area contributed by atoms with Gasteiger partial charge in [0.15, 0.2) is 0 Å². The number of piperidine rings is 1. The number of nitrogens with zero attached hydrogens (tertiary/aromatic N) is 3. The Morgan fingerprint density at radius 1 is 1.30 bits per heavy atom. The number of carbonyl (C=O) groups excluding carboxylic acids is 1. The number of hydrogen-bond donors (Lipinski definition) is 2. The van der Waals surface area contributed by atoms with Gasteiger partial charge < -0.3 is 15.3 Å². The van der Waals surface area contributed by atoms with Gasteiger partial charge in [-0.1, -0.05) is 27.2 Å². The van der Waals surface area contributed by atoms with Crippen molar-refractivity contribution in [3.63, 3.8) is 0 Å². The van der Waals surface area contributed by atoms with Crippen LogP contribution in [-0.2, 0) is 17.5 Å². The number of nitrogens with one attached hydrogen (secondary N) is 1. The lowest BCUT2D eigenvalue weighted by molar-refractivity contribution is -0.137. The van der Waals surface area contributed by atoms with Gasteiger partial charge in [-0.25, -0.2) is 4.68 Å². The van der Waals surface area contributed by atoms with Gasteiger partial charge in [0.2, 0.25) is 5.91 Å². The second-order valence-electron chi connectivity index (χ2n) is 8.95. The molecule has 2 atom stereocenters. The van der Waals surface area contributed by atoms with E-state index in [1.54, 1.807) is 13.8 Å². The first kappa shape index (κ1) is 25.2. The van der Waals surface area contributed by atoms with Gasteiger partial charge in [0.25, 0.3) is 5.56 Å². The largest absolute Gasteiger partial charge is 0.416 e. The van der Waals surface area contributed by atoms with E-state index in [2.05, 4.69) is 22.2 Å². The molecular weight excluding hydrogens is 437 g/mol. The van der Waals surface area contributed by atoms with Crippen LogP contribution in [0.1, 0.15) is 57.2 Å². The van der Waals surface area contributed by atoms with Crippen LogP contribution in [0.25, 0.3) is 10.8 Å². The zero-order valence-corrected chi connectivity index (χ0v) is 19.2. The number of amides is 1. The summed E-state index contributed by atoms with van der Waals surface area (Å²) < 4.78 is 40.5. The van der Waals surface area contributed by atoms with Gasteiger partial charge in [-0.2, -0.15) is 18.3 Å². The number of likely N-dealkylation sites (tertiary alicyclic amines) is 1. The zero-order valence-electron chi connectivity index (χ0n) is 19.2. The lowest BCUT2D eigenvalue weighted by atomic mass is 10.0. The number of alkyl halides is 3. The monoisotopic (exact) mass is 468 g/mol. The molecule has 1 amide bonds. The molecule has 1 aromatic heterocycles. The second-order valence-corrected chi connectivity index (χ2v) is 8.95. The second kappa shape index (κ2) is 10.2. The van der Waals surface area contributed by atoms with Crippen molar-refractivity contribution in [3.8, 4) is 0 Å². The fraction of sp³-hybridized carbons (Fsp3) is 0.609. The Morgan fingerprint density at radius 3 is 2.67 bits per heavy atom. The summed E-state index contributed by atoms with van der Waals surface area (Å²) in [6, 6.07) is 2.48. The highest BCUT2D eigenvalue weighted by molar-refractivity contribution is 5.85. The van der Waals surface area contributed by atoms with Gasteiger partial charge in [0.05, 0.1) is 28.8 Å². The van der Waals surface area contributed by atoms with E-state index in [9.17, 15) is 27.9 Å².